The molecule has 25 heavy (non-hydrogen) atoms. The molecule has 1 heterocycles. The van der Waals surface area contributed by atoms with E-state index in [1.807, 2.05) is 11.8 Å². The highest BCUT2D eigenvalue weighted by Gasteiger charge is 2.47. The van der Waals surface area contributed by atoms with E-state index in [4.69, 9.17) is 4.74 Å². The number of carboxylic acid groups (broad SMARTS) is 1. The zero-order chi connectivity index (χ0) is 18.8. The van der Waals surface area contributed by atoms with Gasteiger partial charge in [-0.2, -0.15) is 0 Å². The number of carbonyl (C=O) groups excluding carboxylic acids is 2. The van der Waals surface area contributed by atoms with Gasteiger partial charge in [0.05, 0.1) is 6.54 Å². The maximum absolute atomic E-state index is 12.4. The van der Waals surface area contributed by atoms with Gasteiger partial charge in [0.2, 0.25) is 5.91 Å². The van der Waals surface area contributed by atoms with Gasteiger partial charge < -0.3 is 20.1 Å². The standard InChI is InChI=1S/C17H29N3O5/c1-5-20(12-6-7-12)13(21)10-19-9-8-17(11-19,14(22)23)18-15(24)25-16(2,3)4/h12H,5-11H2,1-4H3,(H,18,24)(H,22,23). The summed E-state index contributed by atoms with van der Waals surface area (Å²) in [4.78, 5) is 39.9. The maximum atomic E-state index is 12.4. The van der Waals surface area contributed by atoms with Crippen LogP contribution in [-0.2, 0) is 14.3 Å². The van der Waals surface area contributed by atoms with Crippen LogP contribution < -0.4 is 5.32 Å². The molecule has 1 atom stereocenters. The number of hydrogen-bond acceptors (Lipinski definition) is 5. The first-order valence-electron chi connectivity index (χ1n) is 8.83. The van der Waals surface area contributed by atoms with E-state index in [0.717, 1.165) is 12.8 Å². The van der Waals surface area contributed by atoms with Crippen LogP contribution in [0.3, 0.4) is 0 Å². The van der Waals surface area contributed by atoms with Gasteiger partial charge in [0.1, 0.15) is 5.60 Å². The topological polar surface area (TPSA) is 99.2 Å². The molecule has 1 aliphatic carbocycles. The minimum absolute atomic E-state index is 0.0171. The van der Waals surface area contributed by atoms with E-state index in [1.165, 1.54) is 0 Å². The van der Waals surface area contributed by atoms with Gasteiger partial charge in [0, 0.05) is 25.7 Å². The molecule has 142 valence electrons. The molecule has 0 aromatic carbocycles. The number of carbonyl (C=O) groups is 3. The van der Waals surface area contributed by atoms with Gasteiger partial charge in [-0.05, 0) is 47.0 Å². The minimum atomic E-state index is -1.42. The van der Waals surface area contributed by atoms with E-state index >= 15 is 0 Å². The van der Waals surface area contributed by atoms with E-state index in [2.05, 4.69) is 5.32 Å². The first-order valence-corrected chi connectivity index (χ1v) is 8.83. The zero-order valence-corrected chi connectivity index (χ0v) is 15.5. The van der Waals surface area contributed by atoms with Crippen LogP contribution >= 0.6 is 0 Å². The molecule has 0 aromatic heterocycles. The summed E-state index contributed by atoms with van der Waals surface area (Å²) in [5.74, 6) is -1.09. The predicted molar refractivity (Wildman–Crippen MR) is 91.2 cm³/mol. The summed E-state index contributed by atoms with van der Waals surface area (Å²) in [5.41, 5.74) is -2.12. The molecule has 0 aromatic rings. The van der Waals surface area contributed by atoms with Crippen molar-refractivity contribution in [2.24, 2.45) is 0 Å². The first-order chi connectivity index (χ1) is 11.6. The normalized spacial score (nSPS) is 24.0. The lowest BCUT2D eigenvalue weighted by Gasteiger charge is -2.29. The molecule has 2 fully saturated rings. The van der Waals surface area contributed by atoms with Crippen molar-refractivity contribution in [1.29, 1.82) is 0 Å². The van der Waals surface area contributed by atoms with Gasteiger partial charge in [-0.25, -0.2) is 9.59 Å². The fourth-order valence-electron chi connectivity index (χ4n) is 3.16. The molecule has 8 heteroatoms. The van der Waals surface area contributed by atoms with E-state index in [9.17, 15) is 19.5 Å². The zero-order valence-electron chi connectivity index (χ0n) is 15.5. The van der Waals surface area contributed by atoms with Gasteiger partial charge in [-0.15, -0.1) is 0 Å². The van der Waals surface area contributed by atoms with Crippen molar-refractivity contribution in [3.8, 4) is 0 Å². The van der Waals surface area contributed by atoms with E-state index in [1.54, 1.807) is 25.7 Å². The predicted octanol–water partition coefficient (Wildman–Crippen LogP) is 1.05. The Labute approximate surface area is 148 Å². The second kappa shape index (κ2) is 7.19. The first kappa shape index (κ1) is 19.5. The smallest absolute Gasteiger partial charge is 0.408 e. The van der Waals surface area contributed by atoms with Crippen molar-refractivity contribution in [1.82, 2.24) is 15.1 Å². The summed E-state index contributed by atoms with van der Waals surface area (Å²) in [5, 5.41) is 12.1. The molecule has 1 unspecified atom stereocenters. The highest BCUT2D eigenvalue weighted by molar-refractivity contribution is 5.85. The van der Waals surface area contributed by atoms with Crippen LogP contribution in [0.2, 0.25) is 0 Å². The quantitative estimate of drug-likeness (QED) is 0.739. The number of carboxylic acids is 1. The highest BCUT2D eigenvalue weighted by Crippen LogP contribution is 2.28. The molecule has 0 radical (unpaired) electrons. The van der Waals surface area contributed by atoms with Crippen LogP contribution in [0.25, 0.3) is 0 Å². The number of likely N-dealkylation sites (tertiary alicyclic amines) is 1. The van der Waals surface area contributed by atoms with Crippen molar-refractivity contribution in [2.75, 3.05) is 26.2 Å². The van der Waals surface area contributed by atoms with Gasteiger partial charge in [0.15, 0.2) is 5.54 Å². The Morgan fingerprint density at radius 2 is 1.96 bits per heavy atom. The number of hydrogen-bond donors (Lipinski definition) is 2. The van der Waals surface area contributed by atoms with Crippen molar-refractivity contribution in [3.63, 3.8) is 0 Å². The molecular formula is C17H29N3O5. The van der Waals surface area contributed by atoms with E-state index in [0.29, 0.717) is 19.1 Å². The number of alkyl carbamates (subject to hydrolysis) is 1. The Bertz CT molecular complexity index is 541. The average molecular weight is 355 g/mol. The van der Waals surface area contributed by atoms with E-state index < -0.39 is 23.2 Å². The Kier molecular flexibility index (Phi) is 5.61. The lowest BCUT2D eigenvalue weighted by Crippen LogP contribution is -2.57. The summed E-state index contributed by atoms with van der Waals surface area (Å²) in [6.07, 6.45) is 1.57. The molecule has 2 aliphatic rings. The largest absolute Gasteiger partial charge is 0.479 e. The number of amides is 2. The number of ether oxygens (including phenoxy) is 1. The second-order valence-corrected chi connectivity index (χ2v) is 7.89. The summed E-state index contributed by atoms with van der Waals surface area (Å²) in [6, 6.07) is 0.337. The molecule has 1 saturated heterocycles. The number of likely N-dealkylation sites (N-methyl/N-ethyl adjacent to an activating group) is 1. The molecule has 2 rings (SSSR count). The monoisotopic (exact) mass is 355 g/mol. The van der Waals surface area contributed by atoms with Gasteiger partial charge >= 0.3 is 12.1 Å². The van der Waals surface area contributed by atoms with Crippen molar-refractivity contribution >= 4 is 18.0 Å². The number of aliphatic carboxylic acids is 1. The lowest BCUT2D eigenvalue weighted by molar-refractivity contribution is -0.144. The molecule has 1 aliphatic heterocycles. The van der Waals surface area contributed by atoms with Gasteiger partial charge in [0.25, 0.3) is 0 Å². The lowest BCUT2D eigenvalue weighted by atomic mass is 9.99. The summed E-state index contributed by atoms with van der Waals surface area (Å²) in [7, 11) is 0. The molecule has 8 nitrogen and oxygen atoms in total. The fourth-order valence-corrected chi connectivity index (χ4v) is 3.16. The van der Waals surface area contributed by atoms with Gasteiger partial charge in [-0.3, -0.25) is 9.69 Å². The Balaban J connectivity index is 1.96. The number of rotatable bonds is 6. The van der Waals surface area contributed by atoms with Crippen LogP contribution in [0.5, 0.6) is 0 Å². The summed E-state index contributed by atoms with van der Waals surface area (Å²) in [6.45, 7) is 8.48. The Hall–Kier alpha value is -1.83. The van der Waals surface area contributed by atoms with Crippen molar-refractivity contribution in [2.45, 2.75) is 64.1 Å². The molecule has 0 spiro atoms. The van der Waals surface area contributed by atoms with Crippen LogP contribution in [0, 0.1) is 0 Å². The molecule has 2 amide bonds. The van der Waals surface area contributed by atoms with Crippen molar-refractivity contribution in [3.05, 3.63) is 0 Å². The number of nitrogens with one attached hydrogen (secondary N) is 1. The molecule has 1 saturated carbocycles. The summed E-state index contributed by atoms with van der Waals surface area (Å²) >= 11 is 0. The van der Waals surface area contributed by atoms with Crippen molar-refractivity contribution < 1.29 is 24.2 Å². The summed E-state index contributed by atoms with van der Waals surface area (Å²) < 4.78 is 5.18. The Morgan fingerprint density at radius 3 is 2.44 bits per heavy atom. The third-order valence-electron chi connectivity index (χ3n) is 4.51. The molecular weight excluding hydrogens is 326 g/mol. The van der Waals surface area contributed by atoms with E-state index in [-0.39, 0.29) is 25.4 Å². The third kappa shape index (κ3) is 5.07. The van der Waals surface area contributed by atoms with Crippen LogP contribution in [0.15, 0.2) is 0 Å². The second-order valence-electron chi connectivity index (χ2n) is 7.89. The van der Waals surface area contributed by atoms with Crippen LogP contribution in [0.4, 0.5) is 4.79 Å². The maximum Gasteiger partial charge on any atom is 0.408 e. The third-order valence-corrected chi connectivity index (χ3v) is 4.51. The van der Waals surface area contributed by atoms with Crippen LogP contribution in [0.1, 0.15) is 47.0 Å². The Morgan fingerprint density at radius 1 is 1.32 bits per heavy atom. The van der Waals surface area contributed by atoms with Crippen LogP contribution in [-0.4, -0.2) is 76.2 Å². The average Bonchev–Trinajstić information content (AvgIpc) is 3.20. The molecule has 2 N–H and O–H groups in total. The molecule has 0 bridgehead atoms. The minimum Gasteiger partial charge on any atom is -0.479 e. The van der Waals surface area contributed by atoms with Gasteiger partial charge in [-0.1, -0.05) is 0 Å². The SMILES string of the molecule is CCN(C(=O)CN1CCC(NC(=O)OC(C)(C)C)(C(=O)O)C1)C1CC1. The highest BCUT2D eigenvalue weighted by atomic mass is 16.6. The fraction of sp³-hybridized carbons (Fsp3) is 0.824. The number of nitrogens with zero attached hydrogens (tertiary/aromatic N) is 2.